The molecule has 19 heavy (non-hydrogen) atoms. The molecule has 0 radical (unpaired) electrons. The van der Waals surface area contributed by atoms with E-state index in [2.05, 4.69) is 6.58 Å². The Morgan fingerprint density at radius 1 is 1.42 bits per heavy atom. The Kier molecular flexibility index (Phi) is 4.10. The highest BCUT2D eigenvalue weighted by Crippen LogP contribution is 2.28. The number of hydrogen-bond acceptors (Lipinski definition) is 3. The Labute approximate surface area is 113 Å². The van der Waals surface area contributed by atoms with E-state index in [1.807, 2.05) is 29.2 Å². The minimum Gasteiger partial charge on any atom is -0.497 e. The van der Waals surface area contributed by atoms with Crippen LogP contribution >= 0.6 is 0 Å². The zero-order valence-electron chi connectivity index (χ0n) is 11.4. The maximum Gasteiger partial charge on any atom is 0.223 e. The molecule has 1 aliphatic heterocycles. The van der Waals surface area contributed by atoms with Crippen LogP contribution in [0.5, 0.6) is 11.5 Å². The molecule has 0 saturated carbocycles. The minimum atomic E-state index is 0.162. The van der Waals surface area contributed by atoms with E-state index in [-0.39, 0.29) is 11.8 Å². The van der Waals surface area contributed by atoms with Crippen LogP contribution in [0.15, 0.2) is 30.9 Å². The number of likely N-dealkylation sites (tertiary alicyclic amines) is 1. The topological polar surface area (TPSA) is 38.8 Å². The summed E-state index contributed by atoms with van der Waals surface area (Å²) in [5.41, 5.74) is 0.958. The average Bonchev–Trinajstić information content (AvgIpc) is 2.79. The molecule has 1 aliphatic rings. The maximum absolute atomic E-state index is 11.9. The van der Waals surface area contributed by atoms with Crippen LogP contribution in [-0.4, -0.2) is 31.6 Å². The van der Waals surface area contributed by atoms with Crippen molar-refractivity contribution in [2.24, 2.45) is 5.92 Å². The normalized spacial score (nSPS) is 18.5. The zero-order valence-corrected chi connectivity index (χ0v) is 11.4. The summed E-state index contributed by atoms with van der Waals surface area (Å²) in [5, 5.41) is 0. The maximum atomic E-state index is 11.9. The van der Waals surface area contributed by atoms with E-state index in [1.165, 1.54) is 0 Å². The molecular weight excluding hydrogens is 242 g/mol. The molecule has 4 heteroatoms. The SMILES string of the molecule is C=CC1CC(=O)N(Cc2cc(OC)ccc2OC)C1. The number of ether oxygens (including phenoxy) is 2. The summed E-state index contributed by atoms with van der Waals surface area (Å²) in [7, 11) is 3.25. The molecule has 0 N–H and O–H groups in total. The fraction of sp³-hybridized carbons (Fsp3) is 0.400. The first-order valence-electron chi connectivity index (χ1n) is 6.29. The number of amides is 1. The highest BCUT2D eigenvalue weighted by molar-refractivity contribution is 5.79. The van der Waals surface area contributed by atoms with Crippen molar-refractivity contribution >= 4 is 5.91 Å². The van der Waals surface area contributed by atoms with Gasteiger partial charge in [0.05, 0.1) is 14.2 Å². The molecule has 0 aromatic heterocycles. The molecule has 1 heterocycles. The first-order chi connectivity index (χ1) is 9.17. The summed E-state index contributed by atoms with van der Waals surface area (Å²) in [6.07, 6.45) is 2.40. The van der Waals surface area contributed by atoms with Crippen molar-refractivity contribution in [1.82, 2.24) is 4.90 Å². The number of methoxy groups -OCH3 is 2. The van der Waals surface area contributed by atoms with Crippen LogP contribution in [0.2, 0.25) is 0 Å². The first kappa shape index (κ1) is 13.5. The second-order valence-corrected chi connectivity index (χ2v) is 4.65. The Morgan fingerprint density at radius 3 is 2.79 bits per heavy atom. The Morgan fingerprint density at radius 2 is 2.21 bits per heavy atom. The van der Waals surface area contributed by atoms with Crippen molar-refractivity contribution in [1.29, 1.82) is 0 Å². The van der Waals surface area contributed by atoms with E-state index in [1.54, 1.807) is 14.2 Å². The molecule has 1 aromatic rings. The number of carbonyl (C=O) groups is 1. The third-order valence-electron chi connectivity index (χ3n) is 3.43. The number of rotatable bonds is 5. The van der Waals surface area contributed by atoms with Gasteiger partial charge in [0, 0.05) is 31.0 Å². The third-order valence-corrected chi connectivity index (χ3v) is 3.43. The van der Waals surface area contributed by atoms with Gasteiger partial charge in [0.1, 0.15) is 11.5 Å². The van der Waals surface area contributed by atoms with E-state index >= 15 is 0 Å². The lowest BCUT2D eigenvalue weighted by molar-refractivity contribution is -0.128. The van der Waals surface area contributed by atoms with Crippen LogP contribution in [0.25, 0.3) is 0 Å². The molecule has 0 spiro atoms. The number of nitrogens with zero attached hydrogens (tertiary/aromatic N) is 1. The largest absolute Gasteiger partial charge is 0.497 e. The van der Waals surface area contributed by atoms with Crippen LogP contribution in [0.3, 0.4) is 0 Å². The fourth-order valence-electron chi connectivity index (χ4n) is 2.32. The quantitative estimate of drug-likeness (QED) is 0.763. The molecule has 1 amide bonds. The van der Waals surface area contributed by atoms with Gasteiger partial charge in [0.25, 0.3) is 0 Å². The molecule has 1 unspecified atom stereocenters. The summed E-state index contributed by atoms with van der Waals surface area (Å²) < 4.78 is 10.5. The van der Waals surface area contributed by atoms with Crippen molar-refractivity contribution in [3.8, 4) is 11.5 Å². The number of hydrogen-bond donors (Lipinski definition) is 0. The lowest BCUT2D eigenvalue weighted by Crippen LogP contribution is -2.24. The van der Waals surface area contributed by atoms with Crippen molar-refractivity contribution in [2.75, 3.05) is 20.8 Å². The summed E-state index contributed by atoms with van der Waals surface area (Å²) >= 11 is 0. The highest BCUT2D eigenvalue weighted by Gasteiger charge is 2.28. The van der Waals surface area contributed by atoms with Gasteiger partial charge >= 0.3 is 0 Å². The van der Waals surface area contributed by atoms with Crippen molar-refractivity contribution in [3.63, 3.8) is 0 Å². The van der Waals surface area contributed by atoms with Crippen molar-refractivity contribution in [3.05, 3.63) is 36.4 Å². The van der Waals surface area contributed by atoms with Crippen LogP contribution in [-0.2, 0) is 11.3 Å². The van der Waals surface area contributed by atoms with Crippen LogP contribution < -0.4 is 9.47 Å². The zero-order chi connectivity index (χ0) is 13.8. The molecule has 102 valence electrons. The summed E-state index contributed by atoms with van der Waals surface area (Å²) in [6.45, 7) is 5.03. The summed E-state index contributed by atoms with van der Waals surface area (Å²) in [4.78, 5) is 13.7. The van der Waals surface area contributed by atoms with E-state index < -0.39 is 0 Å². The van der Waals surface area contributed by atoms with Gasteiger partial charge < -0.3 is 14.4 Å². The van der Waals surface area contributed by atoms with Crippen LogP contribution in [0, 0.1) is 5.92 Å². The predicted molar refractivity (Wildman–Crippen MR) is 73.3 cm³/mol. The van der Waals surface area contributed by atoms with Gasteiger partial charge in [-0.2, -0.15) is 0 Å². The van der Waals surface area contributed by atoms with Gasteiger partial charge in [-0.1, -0.05) is 6.08 Å². The molecule has 1 atom stereocenters. The third kappa shape index (κ3) is 2.89. The monoisotopic (exact) mass is 261 g/mol. The predicted octanol–water partition coefficient (Wildman–Crippen LogP) is 2.24. The molecule has 4 nitrogen and oxygen atoms in total. The second kappa shape index (κ2) is 5.78. The van der Waals surface area contributed by atoms with E-state index in [0.717, 1.165) is 23.6 Å². The van der Waals surface area contributed by atoms with Gasteiger partial charge in [-0.25, -0.2) is 0 Å². The smallest absolute Gasteiger partial charge is 0.223 e. The molecule has 1 aromatic carbocycles. The molecule has 1 saturated heterocycles. The molecule has 0 aliphatic carbocycles. The van der Waals surface area contributed by atoms with Gasteiger partial charge in [-0.05, 0) is 18.2 Å². The summed E-state index contributed by atoms with van der Waals surface area (Å²) in [6, 6.07) is 5.62. The molecule has 0 bridgehead atoms. The Bertz CT molecular complexity index is 484. The molecule has 2 rings (SSSR count). The summed E-state index contributed by atoms with van der Waals surface area (Å²) in [5.74, 6) is 1.96. The average molecular weight is 261 g/mol. The van der Waals surface area contributed by atoms with E-state index in [9.17, 15) is 4.79 Å². The highest BCUT2D eigenvalue weighted by atomic mass is 16.5. The van der Waals surface area contributed by atoms with E-state index in [0.29, 0.717) is 13.0 Å². The minimum absolute atomic E-state index is 0.162. The lowest BCUT2D eigenvalue weighted by Gasteiger charge is -2.18. The van der Waals surface area contributed by atoms with Gasteiger partial charge in [0.2, 0.25) is 5.91 Å². The number of benzene rings is 1. The standard InChI is InChI=1S/C15H19NO3/c1-4-11-7-15(17)16(9-11)10-12-8-13(18-2)5-6-14(12)19-3/h4-6,8,11H,1,7,9-10H2,2-3H3. The van der Waals surface area contributed by atoms with Gasteiger partial charge in [-0.15, -0.1) is 6.58 Å². The number of carbonyl (C=O) groups excluding carboxylic acids is 1. The fourth-order valence-corrected chi connectivity index (χ4v) is 2.32. The van der Waals surface area contributed by atoms with Crippen molar-refractivity contribution < 1.29 is 14.3 Å². The Hall–Kier alpha value is -1.97. The van der Waals surface area contributed by atoms with Crippen LogP contribution in [0.4, 0.5) is 0 Å². The first-order valence-corrected chi connectivity index (χ1v) is 6.29. The van der Waals surface area contributed by atoms with Crippen LogP contribution in [0.1, 0.15) is 12.0 Å². The van der Waals surface area contributed by atoms with Crippen molar-refractivity contribution in [2.45, 2.75) is 13.0 Å². The second-order valence-electron chi connectivity index (χ2n) is 4.65. The van der Waals surface area contributed by atoms with E-state index in [4.69, 9.17) is 9.47 Å². The Balaban J connectivity index is 2.18. The van der Waals surface area contributed by atoms with Gasteiger partial charge in [-0.3, -0.25) is 4.79 Å². The lowest BCUT2D eigenvalue weighted by atomic mass is 10.1. The van der Waals surface area contributed by atoms with Gasteiger partial charge in [0.15, 0.2) is 0 Å². The molecular formula is C15H19NO3. The molecule has 1 fully saturated rings.